The monoisotopic (exact) mass is 135 g/mol. The summed E-state index contributed by atoms with van der Waals surface area (Å²) in [6.45, 7) is 1.30. The van der Waals surface area contributed by atoms with Crippen LogP contribution in [0, 0.1) is 5.41 Å². The zero-order valence-electron chi connectivity index (χ0n) is 4.79. The molecule has 2 N–H and O–H groups in total. The summed E-state index contributed by atoms with van der Waals surface area (Å²) in [5.41, 5.74) is 0. The standard InChI is InChI=1S/C4H10NO2P/c1-8(6,7)4-2-3-5/h3,5H,2,4H2,1H3,(H,6,7). The summed E-state index contributed by atoms with van der Waals surface area (Å²) in [7, 11) is -2.83. The Morgan fingerprint density at radius 3 is 2.50 bits per heavy atom. The molecular weight excluding hydrogens is 125 g/mol. The van der Waals surface area contributed by atoms with Crippen LogP contribution in [-0.4, -0.2) is 23.9 Å². The fourth-order valence-corrected chi connectivity index (χ4v) is 0.912. The van der Waals surface area contributed by atoms with Crippen LogP contribution in [0.1, 0.15) is 6.42 Å². The first-order chi connectivity index (χ1) is 3.56. The minimum absolute atomic E-state index is 0.233. The van der Waals surface area contributed by atoms with Gasteiger partial charge in [0, 0.05) is 12.8 Å². The maximum absolute atomic E-state index is 10.4. The van der Waals surface area contributed by atoms with E-state index in [1.807, 2.05) is 0 Å². The molecule has 3 nitrogen and oxygen atoms in total. The third-order valence-electron chi connectivity index (χ3n) is 0.688. The molecule has 0 bridgehead atoms. The van der Waals surface area contributed by atoms with Crippen LogP contribution in [0.4, 0.5) is 0 Å². The van der Waals surface area contributed by atoms with Crippen molar-refractivity contribution < 1.29 is 9.46 Å². The molecule has 0 aliphatic carbocycles. The van der Waals surface area contributed by atoms with E-state index < -0.39 is 7.37 Å². The molecule has 0 saturated carbocycles. The molecule has 8 heavy (non-hydrogen) atoms. The zero-order valence-corrected chi connectivity index (χ0v) is 5.69. The van der Waals surface area contributed by atoms with Gasteiger partial charge in [0.05, 0.1) is 0 Å². The topological polar surface area (TPSA) is 61.1 Å². The molecule has 1 unspecified atom stereocenters. The average molecular weight is 135 g/mol. The van der Waals surface area contributed by atoms with Gasteiger partial charge in [-0.05, 0) is 12.6 Å². The molecule has 0 fully saturated rings. The van der Waals surface area contributed by atoms with Crippen LogP contribution in [0.25, 0.3) is 0 Å². The van der Waals surface area contributed by atoms with Gasteiger partial charge in [-0.15, -0.1) is 0 Å². The van der Waals surface area contributed by atoms with E-state index >= 15 is 0 Å². The zero-order chi connectivity index (χ0) is 6.62. The van der Waals surface area contributed by atoms with Gasteiger partial charge in [0.25, 0.3) is 0 Å². The maximum Gasteiger partial charge on any atom is 0.198 e. The fraction of sp³-hybridized carbons (Fsp3) is 0.750. The van der Waals surface area contributed by atoms with Crippen LogP contribution in [0.3, 0.4) is 0 Å². The van der Waals surface area contributed by atoms with Crippen LogP contribution >= 0.6 is 7.37 Å². The van der Waals surface area contributed by atoms with Crippen molar-refractivity contribution in [3.63, 3.8) is 0 Å². The SMILES string of the molecule is CP(=O)(O)CCC=N. The highest BCUT2D eigenvalue weighted by Gasteiger charge is 2.05. The first kappa shape index (κ1) is 7.86. The van der Waals surface area contributed by atoms with Gasteiger partial charge in [-0.3, -0.25) is 4.57 Å². The summed E-state index contributed by atoms with van der Waals surface area (Å²) in [6.07, 6.45) is 1.78. The maximum atomic E-state index is 10.4. The Morgan fingerprint density at radius 1 is 1.88 bits per heavy atom. The third kappa shape index (κ3) is 5.86. The van der Waals surface area contributed by atoms with Crippen molar-refractivity contribution in [3.8, 4) is 0 Å². The van der Waals surface area contributed by atoms with Crippen molar-refractivity contribution in [2.24, 2.45) is 0 Å². The second kappa shape index (κ2) is 3.00. The lowest BCUT2D eigenvalue weighted by Crippen LogP contribution is -1.85. The van der Waals surface area contributed by atoms with Crippen molar-refractivity contribution >= 4 is 13.6 Å². The molecule has 0 saturated heterocycles. The van der Waals surface area contributed by atoms with Gasteiger partial charge < -0.3 is 10.3 Å². The molecule has 0 amide bonds. The largest absolute Gasteiger partial charge is 0.344 e. The van der Waals surface area contributed by atoms with E-state index in [0.717, 1.165) is 6.21 Å². The molecular formula is C4H10NO2P. The van der Waals surface area contributed by atoms with Crippen molar-refractivity contribution in [1.82, 2.24) is 0 Å². The van der Waals surface area contributed by atoms with Crippen LogP contribution in [0.2, 0.25) is 0 Å². The minimum atomic E-state index is -2.83. The van der Waals surface area contributed by atoms with Gasteiger partial charge in [0.2, 0.25) is 0 Å². The van der Waals surface area contributed by atoms with E-state index in [9.17, 15) is 4.57 Å². The normalized spacial score (nSPS) is 17.2. The van der Waals surface area contributed by atoms with Gasteiger partial charge in [-0.1, -0.05) is 0 Å². The smallest absolute Gasteiger partial charge is 0.198 e. The molecule has 0 aromatic carbocycles. The Hall–Kier alpha value is -0.140. The molecule has 0 radical (unpaired) electrons. The van der Waals surface area contributed by atoms with Crippen molar-refractivity contribution in [2.75, 3.05) is 12.8 Å². The average Bonchev–Trinajstić information content (AvgIpc) is 1.59. The molecule has 0 rings (SSSR count). The number of hydrogen-bond acceptors (Lipinski definition) is 2. The van der Waals surface area contributed by atoms with E-state index in [1.54, 1.807) is 0 Å². The van der Waals surface area contributed by atoms with Crippen molar-refractivity contribution in [1.29, 1.82) is 5.41 Å². The number of hydrogen-bond donors (Lipinski definition) is 2. The number of nitrogens with one attached hydrogen (secondary N) is 1. The van der Waals surface area contributed by atoms with Gasteiger partial charge in [0.1, 0.15) is 0 Å². The van der Waals surface area contributed by atoms with Gasteiger partial charge in [-0.2, -0.15) is 0 Å². The lowest BCUT2D eigenvalue weighted by molar-refractivity contribution is 0.485. The second-order valence-electron chi connectivity index (χ2n) is 1.77. The summed E-state index contributed by atoms with van der Waals surface area (Å²) >= 11 is 0. The summed E-state index contributed by atoms with van der Waals surface area (Å²) in [5, 5.41) is 6.53. The van der Waals surface area contributed by atoms with Crippen LogP contribution in [-0.2, 0) is 4.57 Å². The first-order valence-electron chi connectivity index (χ1n) is 2.34. The Morgan fingerprint density at radius 2 is 2.38 bits per heavy atom. The highest BCUT2D eigenvalue weighted by molar-refractivity contribution is 7.57. The molecule has 0 aliphatic rings. The van der Waals surface area contributed by atoms with Gasteiger partial charge >= 0.3 is 0 Å². The molecule has 0 aromatic rings. The molecule has 1 atom stereocenters. The quantitative estimate of drug-likeness (QED) is 0.446. The van der Waals surface area contributed by atoms with Crippen LogP contribution in [0.15, 0.2) is 0 Å². The lowest BCUT2D eigenvalue weighted by atomic mass is 10.5. The Balaban J connectivity index is 3.40. The van der Waals surface area contributed by atoms with Gasteiger partial charge in [0.15, 0.2) is 7.37 Å². The van der Waals surface area contributed by atoms with Crippen LogP contribution < -0.4 is 0 Å². The van der Waals surface area contributed by atoms with Gasteiger partial charge in [-0.25, -0.2) is 0 Å². The molecule has 0 aliphatic heterocycles. The summed E-state index contributed by atoms with van der Waals surface area (Å²) in [4.78, 5) is 8.60. The Kier molecular flexibility index (Phi) is 2.95. The highest BCUT2D eigenvalue weighted by Crippen LogP contribution is 2.34. The van der Waals surface area contributed by atoms with E-state index in [0.29, 0.717) is 6.42 Å². The van der Waals surface area contributed by atoms with E-state index in [2.05, 4.69) is 0 Å². The predicted octanol–water partition coefficient (Wildman–Crippen LogP) is 0.926. The van der Waals surface area contributed by atoms with E-state index in [4.69, 9.17) is 10.3 Å². The Labute approximate surface area is 48.7 Å². The summed E-state index contributed by atoms with van der Waals surface area (Å²) in [6, 6.07) is 0. The lowest BCUT2D eigenvalue weighted by Gasteiger charge is -1.98. The summed E-state index contributed by atoms with van der Waals surface area (Å²) < 4.78 is 10.4. The molecule has 0 spiro atoms. The van der Waals surface area contributed by atoms with E-state index in [-0.39, 0.29) is 6.16 Å². The highest BCUT2D eigenvalue weighted by atomic mass is 31.2. The third-order valence-corrected chi connectivity index (χ3v) is 1.78. The molecule has 0 aromatic heterocycles. The number of rotatable bonds is 3. The van der Waals surface area contributed by atoms with E-state index in [1.165, 1.54) is 6.66 Å². The summed E-state index contributed by atoms with van der Waals surface area (Å²) in [5.74, 6) is 0. The van der Waals surface area contributed by atoms with Crippen molar-refractivity contribution in [2.45, 2.75) is 6.42 Å². The molecule has 0 heterocycles. The second-order valence-corrected chi connectivity index (χ2v) is 4.32. The fourth-order valence-electron chi connectivity index (χ4n) is 0.304. The molecule has 4 heteroatoms. The molecule has 48 valence electrons. The predicted molar refractivity (Wildman–Crippen MR) is 34.0 cm³/mol. The minimum Gasteiger partial charge on any atom is -0.344 e. The first-order valence-corrected chi connectivity index (χ1v) is 4.63. The van der Waals surface area contributed by atoms with Crippen molar-refractivity contribution in [3.05, 3.63) is 0 Å². The van der Waals surface area contributed by atoms with Crippen LogP contribution in [0.5, 0.6) is 0 Å². The Bertz CT molecular complexity index is 117.